The zero-order valence-electron chi connectivity index (χ0n) is 53.8. The summed E-state index contributed by atoms with van der Waals surface area (Å²) < 4.78 is 199. The summed E-state index contributed by atoms with van der Waals surface area (Å²) in [4.78, 5) is 0.878. The third-order valence-electron chi connectivity index (χ3n) is 11.5. The lowest BCUT2D eigenvalue weighted by atomic mass is 9.81. The molecule has 2 aliphatic rings. The lowest BCUT2D eigenvalue weighted by Gasteiger charge is -2.28. The molecule has 0 N–H and O–H groups in total. The highest BCUT2D eigenvalue weighted by Gasteiger charge is 2.37. The van der Waals surface area contributed by atoms with E-state index in [4.69, 9.17) is 20.6 Å². The zero-order chi connectivity index (χ0) is 58.8. The Bertz CT molecular complexity index is 4180. The number of hydrogen-bond acceptors (Lipinski definition) is 1. The molecular weight excluding hydrogens is 711 g/mol. The van der Waals surface area contributed by atoms with Crippen molar-refractivity contribution in [1.82, 2.24) is 0 Å². The van der Waals surface area contributed by atoms with E-state index < -0.39 is 161 Å². The predicted octanol–water partition coefficient (Wildman–Crippen LogP) is 15.9. The van der Waals surface area contributed by atoms with E-state index in [1.807, 2.05) is 48.5 Å². The summed E-state index contributed by atoms with van der Waals surface area (Å²) >= 11 is 0. The molecule has 1 nitrogen and oxygen atoms in total. The fourth-order valence-electron chi connectivity index (χ4n) is 8.64. The van der Waals surface area contributed by atoms with E-state index in [-0.39, 0.29) is 11.1 Å². The van der Waals surface area contributed by atoms with Gasteiger partial charge in [0.25, 0.3) is 0 Å². The van der Waals surface area contributed by atoms with Gasteiger partial charge in [-0.1, -0.05) is 185 Å². The Labute approximate surface area is 378 Å². The van der Waals surface area contributed by atoms with E-state index in [1.54, 1.807) is 12.1 Å². The molecule has 0 heterocycles. The Morgan fingerprint density at radius 3 is 1.92 bits per heavy atom. The van der Waals surface area contributed by atoms with Crippen molar-refractivity contribution in [3.63, 3.8) is 0 Å². The normalized spacial score (nSPS) is 19.8. The van der Waals surface area contributed by atoms with Crippen molar-refractivity contribution >= 4 is 27.8 Å². The van der Waals surface area contributed by atoms with Crippen LogP contribution in [0.1, 0.15) is 80.0 Å². The van der Waals surface area contributed by atoms with Gasteiger partial charge in [0.2, 0.25) is 0 Å². The van der Waals surface area contributed by atoms with Crippen LogP contribution >= 0.6 is 0 Å². The van der Waals surface area contributed by atoms with Gasteiger partial charge in [0.15, 0.2) is 0 Å². The Balaban J connectivity index is 1.21. The highest BCUT2D eigenvalue weighted by Crippen LogP contribution is 2.52. The Morgan fingerprint density at radius 1 is 0.424 bits per heavy atom. The highest BCUT2D eigenvalue weighted by atomic mass is 15.1. The maximum absolute atomic E-state index is 10.1. The third-order valence-corrected chi connectivity index (χ3v) is 11.5. The molecule has 0 saturated carbocycles. The van der Waals surface area contributed by atoms with Crippen LogP contribution in [-0.4, -0.2) is 0 Å². The van der Waals surface area contributed by atoms with Crippen molar-refractivity contribution in [1.29, 1.82) is 0 Å². The molecule has 0 amide bonds. The summed E-state index contributed by atoms with van der Waals surface area (Å²) in [6, 6.07) is 17.6. The van der Waals surface area contributed by atoms with Crippen molar-refractivity contribution in [2.75, 3.05) is 4.90 Å². The Hall–Kier alpha value is -6.96. The number of anilines is 3. The van der Waals surface area contributed by atoms with Crippen LogP contribution in [0.4, 0.5) is 17.1 Å². The second kappa shape index (κ2) is 13.3. The summed E-state index contributed by atoms with van der Waals surface area (Å²) in [5, 5.41) is 1.84. The molecule has 0 spiro atoms. The lowest BCUT2D eigenvalue weighted by Crippen LogP contribution is -2.16. The molecule has 2 aliphatic carbocycles. The highest BCUT2D eigenvalue weighted by molar-refractivity contribution is 6.05. The summed E-state index contributed by atoms with van der Waals surface area (Å²) in [5.41, 5.74) is -2.71. The van der Waals surface area contributed by atoms with Crippen LogP contribution in [-0.2, 0) is 10.8 Å². The summed E-state index contributed by atoms with van der Waals surface area (Å²) in [6.07, 6.45) is 0. The first-order chi connectivity index (χ1) is 37.9. The second-order valence-corrected chi connectivity index (χ2v) is 15.2. The topological polar surface area (TPSA) is 3.24 Å². The van der Waals surface area contributed by atoms with Crippen LogP contribution in [0.2, 0.25) is 0 Å². The van der Waals surface area contributed by atoms with Crippen LogP contribution in [0, 0.1) is 0 Å². The van der Waals surface area contributed by atoms with Gasteiger partial charge in [-0.15, -0.1) is 0 Å². The van der Waals surface area contributed by atoms with Crippen LogP contribution in [0.15, 0.2) is 200 Å². The third kappa shape index (κ3) is 5.53. The maximum atomic E-state index is 10.1. The average Bonchev–Trinajstić information content (AvgIpc) is 1.65. The predicted molar refractivity (Wildman–Crippen MR) is 250 cm³/mol. The molecule has 0 fully saturated rings. The Morgan fingerprint density at radius 2 is 1.08 bits per heavy atom. The molecule has 9 aromatic rings. The van der Waals surface area contributed by atoms with Crippen molar-refractivity contribution in [3.8, 4) is 55.6 Å². The molecule has 9 aromatic carbocycles. The molecule has 0 aliphatic heterocycles. The van der Waals surface area contributed by atoms with Gasteiger partial charge >= 0.3 is 0 Å². The summed E-state index contributed by atoms with van der Waals surface area (Å²) in [6.45, 7) is -3.20. The zero-order valence-corrected chi connectivity index (χ0v) is 31.8. The van der Waals surface area contributed by atoms with E-state index in [1.165, 1.54) is 17.7 Å². The molecule has 0 aromatic heterocycles. The molecule has 0 radical (unpaired) electrons. The van der Waals surface area contributed by atoms with Crippen LogP contribution in [0.3, 0.4) is 0 Å². The van der Waals surface area contributed by atoms with Crippen LogP contribution in [0.25, 0.3) is 66.4 Å². The molecule has 0 atom stereocenters. The van der Waals surface area contributed by atoms with Gasteiger partial charge in [-0.25, -0.2) is 0 Å². The summed E-state index contributed by atoms with van der Waals surface area (Å²) in [7, 11) is 0. The second-order valence-electron chi connectivity index (χ2n) is 15.2. The fraction of sp³-hybridized carbons (Fsp3) is 0.103. The lowest BCUT2D eigenvalue weighted by molar-refractivity contribution is 0.660. The van der Waals surface area contributed by atoms with Crippen molar-refractivity contribution in [2.24, 2.45) is 0 Å². The minimum atomic E-state index is -3.78. The van der Waals surface area contributed by atoms with E-state index in [0.717, 1.165) is 49.1 Å². The van der Waals surface area contributed by atoms with Gasteiger partial charge in [0, 0.05) is 36.1 Å². The Kier molecular flexibility index (Phi) is 4.33. The molecule has 11 rings (SSSR count). The molecule has 1 heteroatoms. The van der Waals surface area contributed by atoms with E-state index in [9.17, 15) is 9.60 Å². The van der Waals surface area contributed by atoms with Gasteiger partial charge in [-0.2, -0.15) is 0 Å². The molecule has 0 saturated heterocycles. The summed E-state index contributed by atoms with van der Waals surface area (Å²) in [5.74, 6) is 0. The first kappa shape index (κ1) is 19.2. The average molecular weight is 778 g/mol. The van der Waals surface area contributed by atoms with Crippen molar-refractivity contribution < 1.29 is 30.2 Å². The molecule has 282 valence electrons. The fourth-order valence-corrected chi connectivity index (χ4v) is 8.64. The maximum Gasteiger partial charge on any atom is 0.0648 e. The molecular formula is C58H45N. The minimum absolute atomic E-state index is 0.135. The number of nitrogens with zero attached hydrogens (tertiary/aromatic N) is 1. The number of fused-ring (bicyclic) bond motifs is 7. The largest absolute Gasteiger partial charge is 0.310 e. The molecule has 0 bridgehead atoms. The monoisotopic (exact) mass is 777 g/mol. The van der Waals surface area contributed by atoms with Crippen molar-refractivity contribution in [2.45, 2.75) is 38.4 Å². The molecule has 0 unspecified atom stereocenters. The molecule has 59 heavy (non-hydrogen) atoms. The first-order valence-electron chi connectivity index (χ1n) is 30.0. The standard InChI is InChI=1S/C58H45N/c1-57(2)52-20-12-10-18-48(52)50-34-27-42(36-54(50)57)56-46-17-9-8-16-40(46)26-33-47(56)41-24-30-44(31-25-41)59(43-28-22-39(23-29-43)38-14-6-5-7-15-38)45-32-35-51-49-19-11-13-21-53(49)58(3,4)55(51)37-45/h5-37H,1-4H3/i3D3,4D3,5D,6D,7D,11D,13D,14D,15D,19D,21D,22D,23D,28D,29D,32D,35D,37D. The van der Waals surface area contributed by atoms with Gasteiger partial charge < -0.3 is 4.90 Å². The number of rotatable bonds is 6. The van der Waals surface area contributed by atoms with Gasteiger partial charge in [0.05, 0.1) is 21.9 Å². The van der Waals surface area contributed by atoms with Gasteiger partial charge in [0.1, 0.15) is 0 Å². The van der Waals surface area contributed by atoms with Crippen LogP contribution < -0.4 is 4.90 Å². The minimum Gasteiger partial charge on any atom is -0.310 e. The van der Waals surface area contributed by atoms with E-state index in [2.05, 4.69) is 44.2 Å². The van der Waals surface area contributed by atoms with Crippen LogP contribution in [0.5, 0.6) is 0 Å². The quantitative estimate of drug-likeness (QED) is 0.163. The van der Waals surface area contributed by atoms with E-state index >= 15 is 0 Å². The number of hydrogen-bond donors (Lipinski definition) is 0. The number of benzene rings is 9. The van der Waals surface area contributed by atoms with Gasteiger partial charge in [-0.3, -0.25) is 0 Å². The van der Waals surface area contributed by atoms with E-state index in [0.29, 0.717) is 5.56 Å². The first-order valence-corrected chi connectivity index (χ1v) is 19.0. The van der Waals surface area contributed by atoms with Gasteiger partial charge in [-0.05, 0) is 131 Å². The smallest absolute Gasteiger partial charge is 0.0648 e. The SMILES string of the molecule is [2H]c1c([2H])c([2H])c(-c2c([2H])c([2H])c(N(c3ccc(-c4ccc5ccccc5c4-c4ccc5c(c4)C(C)(C)c4ccccc4-5)cc3)c3c([2H])c([2H])c4c(c3[2H])C(C([2H])([2H])[2H])(C([2H])([2H])[2H])c3c([2H])c([2H])c([2H])c([2H])c3-4)c([2H])c2[2H])c([2H])c1[2H]. The van der Waals surface area contributed by atoms with Crippen molar-refractivity contribution in [3.05, 3.63) is 222 Å².